The molecule has 0 atom stereocenters. The van der Waals surface area contributed by atoms with Crippen molar-refractivity contribution in [3.63, 3.8) is 0 Å². The average Bonchev–Trinajstić information content (AvgIpc) is 1.70. The number of non-ortho nitro benzene ring substituents is 1. The molecule has 1 fully saturated rings. The number of hydrogen-bond acceptors (Lipinski definition) is 16. The summed E-state index contributed by atoms with van der Waals surface area (Å²) >= 11 is 16.5. The first-order valence-electron chi connectivity index (χ1n) is 31.9. The van der Waals surface area contributed by atoms with E-state index in [4.69, 9.17) is 30.7 Å². The van der Waals surface area contributed by atoms with Crippen LogP contribution in [0.4, 0.5) is 5.69 Å². The number of para-hydroxylation sites is 1. The number of aromatic nitrogens is 1. The Morgan fingerprint density at radius 3 is 1.11 bits per heavy atom. The molecule has 98 heavy (non-hydrogen) atoms. The van der Waals surface area contributed by atoms with E-state index < -0.39 is 23.0 Å². The second kappa shape index (κ2) is 41.1. The van der Waals surface area contributed by atoms with E-state index >= 15 is 0 Å². The number of hydroxylamine groups is 4. The van der Waals surface area contributed by atoms with Crippen molar-refractivity contribution in [2.45, 2.75) is 247 Å². The zero-order chi connectivity index (χ0) is 75.3. The van der Waals surface area contributed by atoms with Crippen molar-refractivity contribution in [3.8, 4) is 11.5 Å². The summed E-state index contributed by atoms with van der Waals surface area (Å²) in [5.41, 5.74) is -0.457. The lowest BCUT2D eigenvalue weighted by atomic mass is 10.1. The third kappa shape index (κ3) is 46.4. The third-order valence-electron chi connectivity index (χ3n) is 10.4. The van der Waals surface area contributed by atoms with Gasteiger partial charge in [0.05, 0.1) is 16.1 Å². The van der Waals surface area contributed by atoms with Crippen LogP contribution in [0.25, 0.3) is 0 Å². The number of nitro groups is 1. The fourth-order valence-electron chi connectivity index (χ4n) is 7.10. The van der Waals surface area contributed by atoms with Crippen LogP contribution in [-0.4, -0.2) is 90.8 Å². The maximum atomic E-state index is 11.0. The van der Waals surface area contributed by atoms with E-state index in [9.17, 15) is 34.1 Å². The highest BCUT2D eigenvalue weighted by molar-refractivity contribution is 9.10. The van der Waals surface area contributed by atoms with Crippen molar-refractivity contribution >= 4 is 110 Å². The molecular formula is C77H106BrClN4O11S4. The predicted octanol–water partition coefficient (Wildman–Crippen LogP) is 22.5. The van der Waals surface area contributed by atoms with Gasteiger partial charge in [0, 0.05) is 103 Å². The Hall–Kier alpha value is -5.97. The number of nitro benzene ring substituents is 1. The van der Waals surface area contributed by atoms with E-state index in [-0.39, 0.29) is 61.7 Å². The molecule has 0 N–H and O–H groups in total. The van der Waals surface area contributed by atoms with Crippen molar-refractivity contribution < 1.29 is 48.0 Å². The Bertz CT molecular complexity index is 3190. The third-order valence-corrected chi connectivity index (χ3v) is 15.6. The fraction of sp³-hybridized carbons (Fsp3) is 0.455. The summed E-state index contributed by atoms with van der Waals surface area (Å²) in [6, 6.07) is 44.2. The standard InChI is InChI=1S/C12H16O2.C10H13BrS.C10H13ClS.C10H13NO2S.C10H14O.C9H13NS.C8H13NO3.C8H11NO3/c1-9(13)10-5-7-11(8-6-10)14-12(2,3)4;2*1-10(2,3)12-9-6-4-8(11)5-7-9;1-10(2,3)14-9-6-4-8(5-7-9)11(12)13;1-10(2,3)11-9-7-5-4-6-8-9;1-9(2,3)11-8-4-6-10-7-5-8;2*1-8(2,3)12-9-6(10)4-5-7(9)11/h5-8H,1-4H3;2*4-7H,1-3H3;4-7H,1-3H3;4-8H,1-3H3;4-7H,1-3H3;4-5H2,1-3H3;4-5H,1-3H3. The first kappa shape index (κ1) is 90.0. The zero-order valence-corrected chi connectivity index (χ0v) is 67.8. The van der Waals surface area contributed by atoms with Gasteiger partial charge in [-0.2, -0.15) is 5.06 Å². The van der Waals surface area contributed by atoms with Crippen LogP contribution < -0.4 is 9.47 Å². The van der Waals surface area contributed by atoms with Gasteiger partial charge < -0.3 is 9.47 Å². The predicted molar refractivity (Wildman–Crippen MR) is 413 cm³/mol. The van der Waals surface area contributed by atoms with Crippen LogP contribution in [0.15, 0.2) is 188 Å². The smallest absolute Gasteiger partial charge is 0.277 e. The van der Waals surface area contributed by atoms with Crippen LogP contribution in [0.3, 0.4) is 0 Å². The quantitative estimate of drug-likeness (QED) is 0.0414. The normalized spacial score (nSPS) is 13.1. The van der Waals surface area contributed by atoms with Gasteiger partial charge >= 0.3 is 0 Å². The molecule has 3 heterocycles. The maximum absolute atomic E-state index is 11.0. The number of ketones is 1. The average molecular weight is 1510 g/mol. The van der Waals surface area contributed by atoms with Gasteiger partial charge in [-0.15, -0.1) is 52.1 Å². The van der Waals surface area contributed by atoms with Gasteiger partial charge in [-0.3, -0.25) is 48.7 Å². The van der Waals surface area contributed by atoms with E-state index in [1.807, 2.05) is 156 Å². The molecule has 21 heteroatoms. The molecule has 4 amide bonds. The molecule has 5 aromatic carbocycles. The Labute approximate surface area is 616 Å². The van der Waals surface area contributed by atoms with Gasteiger partial charge in [0.2, 0.25) is 0 Å². The molecule has 0 spiro atoms. The minimum Gasteiger partial charge on any atom is -0.488 e. The number of carbonyl (C=O) groups is 5. The number of ether oxygens (including phenoxy) is 2. The van der Waals surface area contributed by atoms with Crippen LogP contribution in [0, 0.1) is 10.1 Å². The van der Waals surface area contributed by atoms with Crippen LogP contribution in [-0.2, 0) is 28.9 Å². The summed E-state index contributed by atoms with van der Waals surface area (Å²) in [6.07, 6.45) is 6.58. The molecule has 0 radical (unpaired) electrons. The second-order valence-corrected chi connectivity index (χ2v) is 38.8. The molecule has 1 aromatic heterocycles. The summed E-state index contributed by atoms with van der Waals surface area (Å²) in [4.78, 5) is 84.2. The van der Waals surface area contributed by atoms with Crippen LogP contribution in [0.5, 0.6) is 11.5 Å². The SMILES string of the molecule is CC(=O)c1ccc(OC(C)(C)C)cc1.CC(C)(C)ON1C(=O)C=CC1=O.CC(C)(C)ON1C(=O)CCC1=O.CC(C)(C)Oc1ccccc1.CC(C)(C)Sc1ccc(Br)cc1.CC(C)(C)Sc1ccc(Cl)cc1.CC(C)(C)Sc1ccc([N+](=O)[O-])cc1.CC(C)(C)Sc1ccncc1. The van der Waals surface area contributed by atoms with Crippen LogP contribution in [0.1, 0.15) is 196 Å². The second-order valence-electron chi connectivity index (χ2n) is 29.8. The number of rotatable bonds is 10. The summed E-state index contributed by atoms with van der Waals surface area (Å²) < 4.78 is 13.4. The number of amides is 4. The molecule has 0 bridgehead atoms. The lowest BCUT2D eigenvalue weighted by Crippen LogP contribution is -2.37. The fourth-order valence-corrected chi connectivity index (χ4v) is 11.4. The van der Waals surface area contributed by atoms with E-state index in [0.29, 0.717) is 15.1 Å². The van der Waals surface area contributed by atoms with Crippen molar-refractivity contribution in [2.75, 3.05) is 0 Å². The highest BCUT2D eigenvalue weighted by atomic mass is 79.9. The van der Waals surface area contributed by atoms with Crippen molar-refractivity contribution in [2.24, 2.45) is 0 Å². The van der Waals surface area contributed by atoms with E-state index in [0.717, 1.165) is 36.0 Å². The number of halogens is 2. The molecule has 1 saturated heterocycles. The van der Waals surface area contributed by atoms with Crippen molar-refractivity contribution in [3.05, 3.63) is 189 Å². The van der Waals surface area contributed by atoms with E-state index in [2.05, 4.69) is 140 Å². The Balaban J connectivity index is 0.000000561. The molecule has 8 rings (SSSR count). The number of carbonyl (C=O) groups excluding carboxylic acids is 5. The molecule has 0 unspecified atom stereocenters. The largest absolute Gasteiger partial charge is 0.488 e. The van der Waals surface area contributed by atoms with Gasteiger partial charge in [-0.05, 0) is 199 Å². The molecule has 2 aliphatic rings. The molecule has 538 valence electrons. The zero-order valence-electron chi connectivity index (χ0n) is 62.2. The topological polar surface area (TPSA) is 185 Å². The molecule has 15 nitrogen and oxygen atoms in total. The number of imide groups is 2. The van der Waals surface area contributed by atoms with Gasteiger partial charge in [0.25, 0.3) is 29.3 Å². The van der Waals surface area contributed by atoms with Crippen molar-refractivity contribution in [1.82, 2.24) is 15.1 Å². The number of hydrogen-bond donors (Lipinski definition) is 0. The summed E-state index contributed by atoms with van der Waals surface area (Å²) in [5.74, 6) is 0.476. The lowest BCUT2D eigenvalue weighted by Gasteiger charge is -2.24. The minimum atomic E-state index is -0.530. The number of benzene rings is 5. The molecule has 0 saturated carbocycles. The number of pyridine rings is 1. The number of Topliss-reactive ketones (excluding diaryl/α,β-unsaturated/α-hetero) is 1. The molecule has 0 aliphatic carbocycles. The molecule has 6 aromatic rings. The Morgan fingerprint density at radius 2 is 0.786 bits per heavy atom. The lowest BCUT2D eigenvalue weighted by molar-refractivity contribution is -0.384. The van der Waals surface area contributed by atoms with Gasteiger partial charge in [0.1, 0.15) is 22.7 Å². The highest BCUT2D eigenvalue weighted by Crippen LogP contribution is 2.35. The highest BCUT2D eigenvalue weighted by Gasteiger charge is 2.34. The Kier molecular flexibility index (Phi) is 37.7. The first-order valence-corrected chi connectivity index (χ1v) is 36.4. The Morgan fingerprint density at radius 1 is 0.459 bits per heavy atom. The summed E-state index contributed by atoms with van der Waals surface area (Å²) in [5, 5.41) is 12.8. The molecular weight excluding hydrogens is 1400 g/mol. The monoisotopic (exact) mass is 1500 g/mol. The molecule has 2 aliphatic heterocycles. The van der Waals surface area contributed by atoms with Crippen LogP contribution in [0.2, 0.25) is 5.02 Å². The van der Waals surface area contributed by atoms with Gasteiger partial charge in [-0.1, -0.05) is 129 Å². The maximum Gasteiger partial charge on any atom is 0.277 e. The van der Waals surface area contributed by atoms with Crippen molar-refractivity contribution in [1.29, 1.82) is 0 Å². The van der Waals surface area contributed by atoms with Gasteiger partial charge in [-0.25, -0.2) is 0 Å². The minimum absolute atomic E-state index is 0.0762. The summed E-state index contributed by atoms with van der Waals surface area (Å²) in [7, 11) is 0. The number of nitrogens with zero attached hydrogens (tertiary/aromatic N) is 4. The van der Waals surface area contributed by atoms with E-state index in [1.54, 1.807) is 84.5 Å². The number of thioether (sulfide) groups is 4. The first-order chi connectivity index (χ1) is 44.7. The summed E-state index contributed by atoms with van der Waals surface area (Å²) in [6.45, 7) is 50.6. The van der Waals surface area contributed by atoms with Gasteiger partial charge in [0.15, 0.2) is 5.78 Å². The van der Waals surface area contributed by atoms with E-state index in [1.165, 1.54) is 39.0 Å². The van der Waals surface area contributed by atoms with Crippen LogP contribution >= 0.6 is 74.6 Å².